The lowest BCUT2D eigenvalue weighted by Gasteiger charge is -2.37. The highest BCUT2D eigenvalue weighted by molar-refractivity contribution is 5.86. The Balaban J connectivity index is 0. The van der Waals surface area contributed by atoms with E-state index in [0.29, 0.717) is 52.4 Å². The lowest BCUT2D eigenvalue weighted by atomic mass is 9.84. The van der Waals surface area contributed by atoms with Crippen molar-refractivity contribution in [3.8, 4) is 34.5 Å². The SMILES string of the molecule is C=C(C)C(C)(OC(=O)C(C)(C)CC)C(C)C.C=CC(C)(C)OC(=O)C(C)(C)CC.C=CC(C)(CC)OC(=O)C(C)(C)CC.C=CC(CC)(OC(=O)C(C)(C)CC)C(C)C.CCC(C)(C)C(=O)OC(C)(C)/C=C/c1ccccc1.CCC(C)(C)C(=O)Oc1ccc(O)cc1.CCC(C)c1ccc(O)cc1.CCC(C)c1ccc(O)cc1.CCC(C)c1ccc2cc(O)ccc2c1.CCC(C)c1ccc2cc(O)ccc2c1. The standard InChI is InChI=1S/C17H24O2.2C14H26O2.2C14H16O.C12H16O3.C12H22O2.C11H20O2.2C10H14O/c1-6-16(2,3)15(18)19-17(4,5)13-12-14-10-8-7-9-11-14;1-9-13(6,7)12(15)16-14(8,10(2)3)11(4)5;1-8-13(6,7)12(15)16-14(9-2,10-3)11(4)5;2*1-3-10(2)11-4-5-13-9-14(15)7-6-12(13)8-11;1-4-12(2,3)11(14)15-10-7-5-9(13)6-8-10;1-7-11(4,5)10(13)14-12(6,8-2)9-3;1-7-10(3,4)9(12)13-11(5,6)8-2;2*1-3-8(2)9-4-6-10(11)7-5-9/h7-13H,6H2,1-5H3;11H,2,9H2,1,3-8H3;9,11H,2,8,10H2,1,3-7H3;2*4-10,15H,3H2,1-2H3;5-8,13H,4H2,1-3H3;8H,2,7,9H2,1,3-6H3;8H,2,7H2,1,3-6H3;2*4-8,11H,3H2,1-2H3/b13-12+;;;;;;;;;. The molecule has 0 saturated carbocycles. The van der Waals surface area contributed by atoms with Crippen LogP contribution < -0.4 is 4.74 Å². The summed E-state index contributed by atoms with van der Waals surface area (Å²) in [7, 11) is 0. The molecule has 0 heterocycles. The van der Waals surface area contributed by atoms with Crippen LogP contribution in [0.3, 0.4) is 0 Å². The van der Waals surface area contributed by atoms with Crippen LogP contribution in [-0.2, 0) is 52.5 Å². The van der Waals surface area contributed by atoms with Crippen molar-refractivity contribution in [3.63, 3.8) is 0 Å². The Morgan fingerprint density at radius 1 is 0.303 bits per heavy atom. The Labute approximate surface area is 878 Å². The summed E-state index contributed by atoms with van der Waals surface area (Å²) < 4.78 is 32.9. The highest BCUT2D eigenvalue weighted by Gasteiger charge is 2.41. The zero-order valence-corrected chi connectivity index (χ0v) is 97.0. The van der Waals surface area contributed by atoms with Gasteiger partial charge in [-0.05, 0) is 396 Å². The van der Waals surface area contributed by atoms with Crippen LogP contribution in [0.15, 0.2) is 232 Å². The molecule has 0 spiro atoms. The second kappa shape index (κ2) is 63.4. The molecule has 7 atom stereocenters. The average Bonchev–Trinajstić information content (AvgIpc) is 0.825. The molecule has 0 saturated heterocycles. The number of ether oxygens (including phenoxy) is 6. The van der Waals surface area contributed by atoms with Crippen LogP contribution in [0.2, 0.25) is 0 Å². The molecule has 145 heavy (non-hydrogen) atoms. The third-order valence-electron chi connectivity index (χ3n) is 28.4. The van der Waals surface area contributed by atoms with Crippen LogP contribution in [0.4, 0.5) is 0 Å². The fourth-order valence-corrected chi connectivity index (χ4v) is 11.9. The molecule has 0 aliphatic heterocycles. The van der Waals surface area contributed by atoms with Gasteiger partial charge in [-0.15, -0.1) is 0 Å². The molecule has 0 aliphatic carbocycles. The van der Waals surface area contributed by atoms with Crippen molar-refractivity contribution in [3.05, 3.63) is 260 Å². The second-order valence-corrected chi connectivity index (χ2v) is 44.0. The van der Waals surface area contributed by atoms with Gasteiger partial charge in [-0.25, -0.2) is 0 Å². The van der Waals surface area contributed by atoms with Gasteiger partial charge >= 0.3 is 35.8 Å². The fraction of sp³-hybridized carbons (Fsp3) is 0.531. The molecule has 8 rings (SSSR count). The van der Waals surface area contributed by atoms with Crippen LogP contribution >= 0.6 is 0 Å². The molecule has 0 amide bonds. The number of hydrogen-bond donors (Lipinski definition) is 5. The first kappa shape index (κ1) is 136. The van der Waals surface area contributed by atoms with E-state index in [0.717, 1.165) is 99.0 Å². The molecule has 0 aliphatic rings. The van der Waals surface area contributed by atoms with E-state index in [-0.39, 0.29) is 53.4 Å². The van der Waals surface area contributed by atoms with Crippen LogP contribution in [0.5, 0.6) is 34.5 Å². The summed E-state index contributed by atoms with van der Waals surface area (Å²) >= 11 is 0. The van der Waals surface area contributed by atoms with Crippen molar-refractivity contribution in [2.24, 2.45) is 44.3 Å². The second-order valence-electron chi connectivity index (χ2n) is 44.0. The van der Waals surface area contributed by atoms with Crippen molar-refractivity contribution in [1.82, 2.24) is 0 Å². The Hall–Kier alpha value is -11.2. The normalized spacial score (nSPS) is 13.6. The van der Waals surface area contributed by atoms with E-state index in [9.17, 15) is 39.0 Å². The van der Waals surface area contributed by atoms with Gasteiger partial charge in [0.1, 0.15) is 62.5 Å². The van der Waals surface area contributed by atoms with E-state index in [1.54, 1.807) is 78.9 Å². The molecule has 0 radical (unpaired) electrons. The van der Waals surface area contributed by atoms with Crippen molar-refractivity contribution in [1.29, 1.82) is 0 Å². The van der Waals surface area contributed by atoms with Gasteiger partial charge in [0, 0.05) is 0 Å². The number of rotatable bonds is 36. The fourth-order valence-electron chi connectivity index (χ4n) is 11.9. The van der Waals surface area contributed by atoms with Gasteiger partial charge in [-0.2, -0.15) is 0 Å². The number of phenolic OH excluding ortho intramolecular Hbond substituents is 5. The number of benzene rings is 8. The van der Waals surface area contributed by atoms with Gasteiger partial charge in [0.05, 0.1) is 32.5 Å². The van der Waals surface area contributed by atoms with Gasteiger partial charge in [0.25, 0.3) is 0 Å². The first-order chi connectivity index (χ1) is 67.0. The highest BCUT2D eigenvalue weighted by Crippen LogP contribution is 2.38. The average molecular weight is 2000 g/mol. The predicted octanol–water partition coefficient (Wildman–Crippen LogP) is 35.3. The number of carbonyl (C=O) groups excluding carboxylic acids is 6. The third kappa shape index (κ3) is 48.3. The number of fused-ring (bicyclic) bond motifs is 2. The Morgan fingerprint density at radius 2 is 0.593 bits per heavy atom. The van der Waals surface area contributed by atoms with Gasteiger partial charge < -0.3 is 54.0 Å². The smallest absolute Gasteiger partial charge is 0.316 e. The Kier molecular flexibility index (Phi) is 59.4. The summed E-state index contributed by atoms with van der Waals surface area (Å²) in [5, 5.41) is 50.4. The molecule has 8 aromatic rings. The van der Waals surface area contributed by atoms with E-state index in [1.165, 1.54) is 45.2 Å². The molecule has 0 fully saturated rings. The molecule has 808 valence electrons. The number of carbonyl (C=O) groups is 6. The lowest BCUT2D eigenvalue weighted by molar-refractivity contribution is -0.170. The molecule has 8 aromatic carbocycles. The lowest BCUT2D eigenvalue weighted by Crippen LogP contribution is -2.42. The zero-order valence-electron chi connectivity index (χ0n) is 97.0. The summed E-state index contributed by atoms with van der Waals surface area (Å²) in [5.74, 6) is 3.82. The molecule has 17 nitrogen and oxygen atoms in total. The van der Waals surface area contributed by atoms with E-state index in [1.807, 2.05) is 280 Å². The number of phenols is 5. The molecule has 0 bridgehead atoms. The van der Waals surface area contributed by atoms with E-state index in [2.05, 4.69) is 132 Å². The maximum atomic E-state index is 12.1. The summed E-state index contributed by atoms with van der Waals surface area (Å²) in [6.07, 6.45) is 19.7. The molecular formula is C128H194O17. The molecule has 7 unspecified atom stereocenters. The van der Waals surface area contributed by atoms with Gasteiger partial charge in [0.15, 0.2) is 0 Å². The van der Waals surface area contributed by atoms with Gasteiger partial charge in [0.2, 0.25) is 0 Å². The van der Waals surface area contributed by atoms with Crippen molar-refractivity contribution in [2.75, 3.05) is 0 Å². The largest absolute Gasteiger partial charge is 0.508 e. The van der Waals surface area contributed by atoms with Crippen LogP contribution in [0.25, 0.3) is 27.6 Å². The molecule has 17 heteroatoms. The van der Waals surface area contributed by atoms with E-state index >= 15 is 0 Å². The topological polar surface area (TPSA) is 259 Å². The summed E-state index contributed by atoms with van der Waals surface area (Å²) in [6.45, 7) is 92.6. The molecule has 0 aromatic heterocycles. The molecule has 5 N–H and O–H groups in total. The maximum Gasteiger partial charge on any atom is 0.316 e. The summed E-state index contributed by atoms with van der Waals surface area (Å²) in [4.78, 5) is 71.2. The maximum absolute atomic E-state index is 12.1. The summed E-state index contributed by atoms with van der Waals surface area (Å²) in [6, 6.07) is 54.8. The highest BCUT2D eigenvalue weighted by atomic mass is 16.6. The van der Waals surface area contributed by atoms with Gasteiger partial charge in [-0.3, -0.25) is 28.8 Å². The third-order valence-corrected chi connectivity index (χ3v) is 28.4. The number of esters is 6. The first-order valence-electron chi connectivity index (χ1n) is 52.5. The minimum Gasteiger partial charge on any atom is -0.508 e. The predicted molar refractivity (Wildman–Crippen MR) is 610 cm³/mol. The molecular weight excluding hydrogens is 1810 g/mol. The quantitative estimate of drug-likeness (QED) is 0.0106. The summed E-state index contributed by atoms with van der Waals surface area (Å²) in [5.41, 5.74) is 1.99. The Morgan fingerprint density at radius 3 is 0.890 bits per heavy atom. The Bertz CT molecular complexity index is 5050. The monoisotopic (exact) mass is 2000 g/mol. The van der Waals surface area contributed by atoms with Crippen molar-refractivity contribution < 1.29 is 82.7 Å². The zero-order chi connectivity index (χ0) is 112. The van der Waals surface area contributed by atoms with Gasteiger partial charge in [-0.1, -0.05) is 274 Å². The van der Waals surface area contributed by atoms with Crippen LogP contribution in [0, 0.1) is 44.3 Å². The van der Waals surface area contributed by atoms with Crippen LogP contribution in [0.1, 0.15) is 399 Å². The van der Waals surface area contributed by atoms with E-state index in [4.69, 9.17) is 43.7 Å². The first-order valence-corrected chi connectivity index (χ1v) is 52.5. The minimum absolute atomic E-state index is 0.134. The minimum atomic E-state index is -0.598. The number of aromatic hydroxyl groups is 5. The van der Waals surface area contributed by atoms with Crippen LogP contribution in [-0.4, -0.2) is 89.4 Å². The van der Waals surface area contributed by atoms with E-state index < -0.39 is 60.5 Å². The van der Waals surface area contributed by atoms with Crippen molar-refractivity contribution >= 4 is 63.4 Å². The van der Waals surface area contributed by atoms with Crippen molar-refractivity contribution in [2.45, 2.75) is 399 Å². The number of hydrogen-bond acceptors (Lipinski definition) is 17.